The van der Waals surface area contributed by atoms with Gasteiger partial charge < -0.3 is 10.1 Å². The Morgan fingerprint density at radius 3 is 2.48 bits per heavy atom. The minimum Gasteiger partial charge on any atom is -0.480 e. The number of halogens is 2. The lowest BCUT2D eigenvalue weighted by molar-refractivity contribution is 0.223. The number of nitrogens with zero attached hydrogens (tertiary/aromatic N) is 3. The molecule has 0 bridgehead atoms. The van der Waals surface area contributed by atoms with Crippen LogP contribution < -0.4 is 10.1 Å². The number of benzene rings is 3. The molecular weight excluding hydrogens is 459 g/mol. The highest BCUT2D eigenvalue weighted by Crippen LogP contribution is 2.50. The molecule has 2 aliphatic heterocycles. The summed E-state index contributed by atoms with van der Waals surface area (Å²) in [5.41, 5.74) is 4.84. The van der Waals surface area contributed by atoms with Crippen LogP contribution in [0.1, 0.15) is 28.8 Å². The lowest BCUT2D eigenvalue weighted by atomic mass is 9.84. The van der Waals surface area contributed by atoms with Gasteiger partial charge in [-0.3, -0.25) is 0 Å². The van der Waals surface area contributed by atoms with E-state index in [4.69, 9.17) is 4.74 Å². The van der Waals surface area contributed by atoms with Gasteiger partial charge >= 0.3 is 0 Å². The largest absolute Gasteiger partial charge is 0.480 e. The molecule has 2 atom stereocenters. The Morgan fingerprint density at radius 1 is 0.935 bits per heavy atom. The fourth-order valence-corrected chi connectivity index (χ4v) is 4.56. The zero-order valence-corrected chi connectivity index (χ0v) is 17.8. The van der Waals surface area contributed by atoms with Crippen LogP contribution in [0.15, 0.2) is 89.2 Å². The zero-order chi connectivity index (χ0) is 20.9. The number of aromatic nitrogens is 3. The van der Waals surface area contributed by atoms with Gasteiger partial charge in [0.2, 0.25) is 5.95 Å². The molecule has 0 saturated heterocycles. The van der Waals surface area contributed by atoms with E-state index in [-0.39, 0.29) is 11.9 Å². The normalized spacial score (nSPS) is 19.0. The van der Waals surface area contributed by atoms with Crippen LogP contribution in [0.2, 0.25) is 0 Å². The van der Waals surface area contributed by atoms with Gasteiger partial charge in [-0.15, -0.1) is 0 Å². The fraction of sp³-hybridized carbons (Fsp3) is 0.0833. The first kappa shape index (κ1) is 18.3. The second-order valence-electron chi connectivity index (χ2n) is 7.48. The molecule has 0 aliphatic carbocycles. The van der Waals surface area contributed by atoms with Crippen molar-refractivity contribution in [1.29, 1.82) is 0 Å². The fourth-order valence-electron chi connectivity index (χ4n) is 4.30. The monoisotopic (exact) mass is 474 g/mol. The molecule has 0 fully saturated rings. The molecular formula is C24H16BrFN4O. The van der Waals surface area contributed by atoms with E-state index in [0.717, 1.165) is 38.2 Å². The molecule has 0 amide bonds. The molecule has 5 nitrogen and oxygen atoms in total. The Kier molecular flexibility index (Phi) is 4.17. The Morgan fingerprint density at radius 2 is 1.68 bits per heavy atom. The van der Waals surface area contributed by atoms with Crippen molar-refractivity contribution in [2.75, 3.05) is 5.32 Å². The Hall–Kier alpha value is -3.45. The molecule has 6 rings (SSSR count). The summed E-state index contributed by atoms with van der Waals surface area (Å²) in [4.78, 5) is 4.43. The number of ether oxygens (including phenoxy) is 1. The van der Waals surface area contributed by atoms with Crippen molar-refractivity contribution < 1.29 is 9.13 Å². The molecule has 152 valence electrons. The first-order valence-electron chi connectivity index (χ1n) is 9.86. The maximum absolute atomic E-state index is 13.7. The topological polar surface area (TPSA) is 52.0 Å². The van der Waals surface area contributed by atoms with Crippen LogP contribution >= 0.6 is 15.9 Å². The number of hydrogen-bond donors (Lipinski definition) is 1. The number of hydrogen-bond acceptors (Lipinski definition) is 4. The van der Waals surface area contributed by atoms with Crippen LogP contribution in [0, 0.1) is 5.82 Å². The van der Waals surface area contributed by atoms with Crippen molar-refractivity contribution in [2.45, 2.75) is 12.1 Å². The van der Waals surface area contributed by atoms with Crippen molar-refractivity contribution in [3.05, 3.63) is 112 Å². The van der Waals surface area contributed by atoms with Crippen LogP contribution in [0.3, 0.4) is 0 Å². The van der Waals surface area contributed by atoms with Gasteiger partial charge in [-0.1, -0.05) is 52.3 Å². The first-order valence-corrected chi connectivity index (χ1v) is 10.7. The lowest BCUT2D eigenvalue weighted by Gasteiger charge is -2.39. The second-order valence-corrected chi connectivity index (χ2v) is 8.40. The zero-order valence-electron chi connectivity index (χ0n) is 16.2. The highest BCUT2D eigenvalue weighted by Gasteiger charge is 2.40. The van der Waals surface area contributed by atoms with Crippen molar-refractivity contribution in [1.82, 2.24) is 14.8 Å². The molecule has 3 heterocycles. The second kappa shape index (κ2) is 7.06. The van der Waals surface area contributed by atoms with Gasteiger partial charge in [0.05, 0.1) is 5.70 Å². The molecule has 3 aromatic carbocycles. The summed E-state index contributed by atoms with van der Waals surface area (Å²) in [6.45, 7) is 0. The summed E-state index contributed by atoms with van der Waals surface area (Å²) >= 11 is 3.52. The van der Waals surface area contributed by atoms with E-state index >= 15 is 0 Å². The predicted octanol–water partition coefficient (Wildman–Crippen LogP) is 5.74. The summed E-state index contributed by atoms with van der Waals surface area (Å²) in [6, 6.07) is 22.3. The Bertz CT molecular complexity index is 1310. The number of nitrogens with one attached hydrogen (secondary N) is 1. The molecule has 0 spiro atoms. The predicted molar refractivity (Wildman–Crippen MR) is 119 cm³/mol. The average molecular weight is 475 g/mol. The Labute approximate surface area is 186 Å². The third-order valence-corrected chi connectivity index (χ3v) is 6.21. The quantitative estimate of drug-likeness (QED) is 0.402. The molecule has 4 aromatic rings. The van der Waals surface area contributed by atoms with Gasteiger partial charge in [0, 0.05) is 15.6 Å². The molecule has 2 aliphatic rings. The van der Waals surface area contributed by atoms with E-state index < -0.39 is 6.10 Å². The lowest BCUT2D eigenvalue weighted by Crippen LogP contribution is -2.32. The first-order chi connectivity index (χ1) is 15.2. The average Bonchev–Trinajstić information content (AvgIpc) is 3.27. The van der Waals surface area contributed by atoms with Crippen molar-refractivity contribution >= 4 is 27.6 Å². The van der Waals surface area contributed by atoms with E-state index in [1.54, 1.807) is 18.5 Å². The summed E-state index contributed by atoms with van der Waals surface area (Å²) in [6.07, 6.45) is 1.13. The minimum absolute atomic E-state index is 0.231. The standard InChI is InChI=1S/C24H16BrFN4O/c25-16-9-5-14(6-10-16)22-20-21(29-24-27-13-28-30(22)24)18-3-1-2-4-19(18)31-23(20)15-7-11-17(26)12-8-15/h1-13,22-23H,(H,27,28,29). The summed E-state index contributed by atoms with van der Waals surface area (Å²) in [5, 5.41) is 7.97. The van der Waals surface area contributed by atoms with Gasteiger partial charge in [-0.05, 0) is 47.5 Å². The van der Waals surface area contributed by atoms with Crippen LogP contribution in [0.25, 0.3) is 5.70 Å². The SMILES string of the molecule is Fc1ccc(C2Oc3ccccc3C3=C2C(c2ccc(Br)cc2)n2ncnc2N3)cc1. The maximum Gasteiger partial charge on any atom is 0.226 e. The van der Waals surface area contributed by atoms with Crippen LogP contribution in [0.4, 0.5) is 10.3 Å². The third-order valence-electron chi connectivity index (χ3n) is 5.68. The number of anilines is 1. The molecule has 1 N–H and O–H groups in total. The summed E-state index contributed by atoms with van der Waals surface area (Å²) < 4.78 is 23.0. The molecule has 0 saturated carbocycles. The van der Waals surface area contributed by atoms with E-state index in [1.165, 1.54) is 12.1 Å². The molecule has 7 heteroatoms. The van der Waals surface area contributed by atoms with Gasteiger partial charge in [0.25, 0.3) is 0 Å². The van der Waals surface area contributed by atoms with Crippen LogP contribution in [-0.2, 0) is 0 Å². The smallest absolute Gasteiger partial charge is 0.226 e. The van der Waals surface area contributed by atoms with Crippen molar-refractivity contribution in [3.63, 3.8) is 0 Å². The number of para-hydroxylation sites is 1. The van der Waals surface area contributed by atoms with Crippen LogP contribution in [0.5, 0.6) is 5.75 Å². The number of rotatable bonds is 2. The Balaban J connectivity index is 1.62. The van der Waals surface area contributed by atoms with Crippen LogP contribution in [-0.4, -0.2) is 14.8 Å². The minimum atomic E-state index is -0.413. The van der Waals surface area contributed by atoms with E-state index in [0.29, 0.717) is 5.95 Å². The summed E-state index contributed by atoms with van der Waals surface area (Å²) in [7, 11) is 0. The van der Waals surface area contributed by atoms with Gasteiger partial charge in [-0.25, -0.2) is 9.07 Å². The van der Waals surface area contributed by atoms with E-state index in [1.807, 2.05) is 41.1 Å². The number of fused-ring (bicyclic) bond motifs is 3. The van der Waals surface area contributed by atoms with Gasteiger partial charge in [0.15, 0.2) is 0 Å². The highest BCUT2D eigenvalue weighted by molar-refractivity contribution is 9.10. The summed E-state index contributed by atoms with van der Waals surface area (Å²) in [5.74, 6) is 1.16. The highest BCUT2D eigenvalue weighted by atomic mass is 79.9. The van der Waals surface area contributed by atoms with Gasteiger partial charge in [-0.2, -0.15) is 10.1 Å². The molecule has 1 aromatic heterocycles. The maximum atomic E-state index is 13.7. The van der Waals surface area contributed by atoms with E-state index in [9.17, 15) is 4.39 Å². The van der Waals surface area contributed by atoms with Crippen molar-refractivity contribution in [2.24, 2.45) is 0 Å². The molecule has 0 radical (unpaired) electrons. The third kappa shape index (κ3) is 2.96. The van der Waals surface area contributed by atoms with E-state index in [2.05, 4.69) is 43.5 Å². The van der Waals surface area contributed by atoms with Crippen molar-refractivity contribution in [3.8, 4) is 5.75 Å². The molecule has 31 heavy (non-hydrogen) atoms. The van der Waals surface area contributed by atoms with Gasteiger partial charge in [0.1, 0.15) is 30.0 Å². The molecule has 2 unspecified atom stereocenters.